The van der Waals surface area contributed by atoms with Gasteiger partial charge in [-0.05, 0) is 77.8 Å². The number of nitrogens with zero attached hydrogens (tertiary/aromatic N) is 2. The number of carbonyl (C=O) groups excluding carboxylic acids is 3. The molecular weight excluding hydrogens is 528 g/mol. The largest absolute Gasteiger partial charge is 0.465 e. The van der Waals surface area contributed by atoms with Gasteiger partial charge < -0.3 is 20.3 Å². The van der Waals surface area contributed by atoms with Crippen molar-refractivity contribution >= 4 is 23.6 Å². The summed E-state index contributed by atoms with van der Waals surface area (Å²) in [5.41, 5.74) is 5.32. The second kappa shape index (κ2) is 13.6. The minimum absolute atomic E-state index is 0.169. The Morgan fingerprint density at radius 1 is 0.905 bits per heavy atom. The van der Waals surface area contributed by atoms with Gasteiger partial charge in [0.05, 0.1) is 25.3 Å². The number of methoxy groups -OCH3 is 1. The average molecular weight is 563 g/mol. The third kappa shape index (κ3) is 7.01. The van der Waals surface area contributed by atoms with E-state index in [1.807, 2.05) is 47.4 Å². The molecule has 4 aromatic rings. The van der Waals surface area contributed by atoms with E-state index in [4.69, 9.17) is 4.74 Å². The third-order valence-electron chi connectivity index (χ3n) is 7.65. The second-order valence-electron chi connectivity index (χ2n) is 10.4. The Balaban J connectivity index is 1.38. The summed E-state index contributed by atoms with van der Waals surface area (Å²) >= 11 is 0. The molecule has 2 atom stereocenters. The van der Waals surface area contributed by atoms with Gasteiger partial charge in [-0.3, -0.25) is 9.78 Å². The molecule has 5 rings (SSSR count). The van der Waals surface area contributed by atoms with E-state index in [-0.39, 0.29) is 24.4 Å². The van der Waals surface area contributed by atoms with E-state index in [1.54, 1.807) is 30.6 Å². The smallest absolute Gasteiger partial charge is 0.337 e. The molecule has 3 amide bonds. The fourth-order valence-electron chi connectivity index (χ4n) is 5.66. The van der Waals surface area contributed by atoms with E-state index in [2.05, 4.69) is 39.9 Å². The first-order valence-corrected chi connectivity index (χ1v) is 14.0. The van der Waals surface area contributed by atoms with Crippen LogP contribution in [-0.2, 0) is 28.9 Å². The number of benzene rings is 3. The number of anilines is 1. The summed E-state index contributed by atoms with van der Waals surface area (Å²) in [7, 11) is 1.30. The molecule has 1 aromatic heterocycles. The highest BCUT2D eigenvalue weighted by Gasteiger charge is 2.36. The number of esters is 1. The van der Waals surface area contributed by atoms with Crippen molar-refractivity contribution in [2.45, 2.75) is 31.8 Å². The first-order chi connectivity index (χ1) is 20.5. The van der Waals surface area contributed by atoms with Crippen LogP contribution in [-0.4, -0.2) is 41.4 Å². The molecule has 1 aliphatic carbocycles. The van der Waals surface area contributed by atoms with E-state index in [9.17, 15) is 14.4 Å². The van der Waals surface area contributed by atoms with Gasteiger partial charge in [-0.25, -0.2) is 9.59 Å². The molecule has 214 valence electrons. The van der Waals surface area contributed by atoms with Crippen molar-refractivity contribution in [3.63, 3.8) is 0 Å². The lowest BCUT2D eigenvalue weighted by Gasteiger charge is -2.42. The molecule has 0 saturated carbocycles. The van der Waals surface area contributed by atoms with Crippen molar-refractivity contribution in [1.29, 1.82) is 0 Å². The predicted octanol–water partition coefficient (Wildman–Crippen LogP) is 5.56. The van der Waals surface area contributed by atoms with Crippen LogP contribution in [0.15, 0.2) is 103 Å². The quantitative estimate of drug-likeness (QED) is 0.260. The van der Waals surface area contributed by atoms with Gasteiger partial charge in [-0.1, -0.05) is 60.7 Å². The molecule has 0 saturated heterocycles. The normalized spacial score (nSPS) is 15.6. The molecule has 1 aliphatic rings. The van der Waals surface area contributed by atoms with Crippen molar-refractivity contribution in [3.05, 3.63) is 131 Å². The molecule has 3 aromatic carbocycles. The summed E-state index contributed by atoms with van der Waals surface area (Å²) in [4.78, 5) is 44.7. The van der Waals surface area contributed by atoms with Crippen LogP contribution in [0, 0.1) is 5.92 Å². The van der Waals surface area contributed by atoms with Crippen molar-refractivity contribution in [2.75, 3.05) is 19.0 Å². The molecular formula is C34H34N4O4. The van der Waals surface area contributed by atoms with Crippen LogP contribution < -0.4 is 10.6 Å². The molecule has 0 fully saturated rings. The van der Waals surface area contributed by atoms with Gasteiger partial charge in [0.15, 0.2) is 0 Å². The first-order valence-electron chi connectivity index (χ1n) is 14.0. The fraction of sp³-hybridized carbons (Fsp3) is 0.235. The highest BCUT2D eigenvalue weighted by atomic mass is 16.5. The minimum Gasteiger partial charge on any atom is -0.465 e. The minimum atomic E-state index is -0.542. The summed E-state index contributed by atoms with van der Waals surface area (Å²) in [6.45, 7) is 0.195. The molecule has 8 heteroatoms. The van der Waals surface area contributed by atoms with Crippen LogP contribution in [0.5, 0.6) is 0 Å². The number of rotatable bonds is 9. The number of aromatic nitrogens is 1. The number of hydrogen-bond acceptors (Lipinski definition) is 5. The van der Waals surface area contributed by atoms with E-state index < -0.39 is 12.0 Å². The highest BCUT2D eigenvalue weighted by Crippen LogP contribution is 2.41. The van der Waals surface area contributed by atoms with Crippen molar-refractivity contribution in [3.8, 4) is 0 Å². The highest BCUT2D eigenvalue weighted by molar-refractivity contribution is 5.95. The van der Waals surface area contributed by atoms with Gasteiger partial charge >= 0.3 is 12.0 Å². The van der Waals surface area contributed by atoms with Gasteiger partial charge in [0.2, 0.25) is 5.91 Å². The molecule has 0 unspecified atom stereocenters. The maximum Gasteiger partial charge on any atom is 0.337 e. The maximum atomic E-state index is 14.0. The lowest BCUT2D eigenvalue weighted by Crippen LogP contribution is -2.46. The van der Waals surface area contributed by atoms with E-state index in [0.29, 0.717) is 17.8 Å². The fourth-order valence-corrected chi connectivity index (χ4v) is 5.66. The first kappa shape index (κ1) is 28.5. The van der Waals surface area contributed by atoms with E-state index >= 15 is 0 Å². The molecule has 2 N–H and O–H groups in total. The van der Waals surface area contributed by atoms with Gasteiger partial charge in [0.25, 0.3) is 0 Å². The van der Waals surface area contributed by atoms with Crippen LogP contribution in [0.3, 0.4) is 0 Å². The number of ether oxygens (including phenoxy) is 1. The van der Waals surface area contributed by atoms with Gasteiger partial charge in [0.1, 0.15) is 0 Å². The summed E-state index contributed by atoms with van der Waals surface area (Å²) in [5.74, 6) is -0.494. The predicted molar refractivity (Wildman–Crippen MR) is 161 cm³/mol. The number of amides is 3. The number of nitrogens with one attached hydrogen (secondary N) is 2. The Bertz CT molecular complexity index is 1530. The molecule has 1 heterocycles. The molecule has 0 aliphatic heterocycles. The van der Waals surface area contributed by atoms with Crippen molar-refractivity contribution in [1.82, 2.24) is 15.2 Å². The number of fused-ring (bicyclic) bond motifs is 1. The van der Waals surface area contributed by atoms with Crippen LogP contribution in [0.25, 0.3) is 0 Å². The summed E-state index contributed by atoms with van der Waals surface area (Å²) in [6.07, 6.45) is 6.18. The van der Waals surface area contributed by atoms with E-state index in [0.717, 1.165) is 30.4 Å². The van der Waals surface area contributed by atoms with Crippen LogP contribution in [0.2, 0.25) is 0 Å². The van der Waals surface area contributed by atoms with Crippen molar-refractivity contribution < 1.29 is 19.1 Å². The Kier molecular flexibility index (Phi) is 9.23. The monoisotopic (exact) mass is 562 g/mol. The maximum absolute atomic E-state index is 14.0. The zero-order valence-corrected chi connectivity index (χ0v) is 23.5. The second-order valence-corrected chi connectivity index (χ2v) is 10.4. The number of aryl methyl sites for hydroxylation is 1. The summed E-state index contributed by atoms with van der Waals surface area (Å²) < 4.78 is 4.76. The Hall–Kier alpha value is -4.98. The number of hydrogen-bond donors (Lipinski definition) is 2. The van der Waals surface area contributed by atoms with Gasteiger partial charge in [-0.2, -0.15) is 0 Å². The summed E-state index contributed by atoms with van der Waals surface area (Å²) in [6, 6.07) is 28.3. The Morgan fingerprint density at radius 3 is 2.45 bits per heavy atom. The van der Waals surface area contributed by atoms with Crippen LogP contribution in [0.1, 0.15) is 45.1 Å². The molecule has 42 heavy (non-hydrogen) atoms. The van der Waals surface area contributed by atoms with Gasteiger partial charge in [-0.15, -0.1) is 0 Å². The lowest BCUT2D eigenvalue weighted by atomic mass is 9.76. The topological polar surface area (TPSA) is 101 Å². The lowest BCUT2D eigenvalue weighted by molar-refractivity contribution is -0.135. The summed E-state index contributed by atoms with van der Waals surface area (Å²) in [5, 5.41) is 5.42. The SMILES string of the molecule is COC(=O)c1cccc(NC(=O)NCC(=O)N(Cc2ccncc2)[C@@H]2c3ccccc3CC[C@H]2Cc2ccccc2)c1. The molecule has 0 bridgehead atoms. The molecule has 0 radical (unpaired) electrons. The average Bonchev–Trinajstić information content (AvgIpc) is 3.03. The molecule has 8 nitrogen and oxygen atoms in total. The van der Waals surface area contributed by atoms with E-state index in [1.165, 1.54) is 24.3 Å². The standard InChI is InChI=1S/C34H34N4O4/c1-42-33(40)28-11-7-12-29(21-28)37-34(41)36-22-31(39)38(23-25-16-18-35-19-17-25)32-27(20-24-8-3-2-4-9-24)15-14-26-10-5-6-13-30(26)32/h2-13,16-19,21,27,32H,14-15,20,22-23H2,1H3,(H2,36,37,41)/t27-,32-/m0/s1. The van der Waals surface area contributed by atoms with Gasteiger partial charge in [0, 0.05) is 24.6 Å². The third-order valence-corrected chi connectivity index (χ3v) is 7.65. The molecule has 0 spiro atoms. The van der Waals surface area contributed by atoms with Crippen LogP contribution >= 0.6 is 0 Å². The Morgan fingerprint density at radius 2 is 1.67 bits per heavy atom. The van der Waals surface area contributed by atoms with Crippen LogP contribution in [0.4, 0.5) is 10.5 Å². The zero-order chi connectivity index (χ0) is 29.3. The zero-order valence-electron chi connectivity index (χ0n) is 23.5. The Labute approximate surface area is 245 Å². The number of carbonyl (C=O) groups is 3. The van der Waals surface area contributed by atoms with Crippen molar-refractivity contribution in [2.24, 2.45) is 5.92 Å². The number of pyridine rings is 1. The number of urea groups is 1.